The lowest BCUT2D eigenvalue weighted by atomic mass is 10.1. The maximum atomic E-state index is 13.5. The predicted octanol–water partition coefficient (Wildman–Crippen LogP) is 8.96. The van der Waals surface area contributed by atoms with E-state index in [0.717, 1.165) is 16.7 Å². The summed E-state index contributed by atoms with van der Waals surface area (Å²) in [4.78, 5) is 26.5. The zero-order valence-electron chi connectivity index (χ0n) is 34.2. The standard InChI is InChI=1S/C24H23FN4O2.C23H21FN4O3/c1-3-19(14-30)29-15-27-22(17-6-8-18(25)9-7-17)23(29)21-12-13-26-24(28-21)31-20-10-4-16(2)5-11-20;1-15-2-8-19(9-3-15)31-23-25-11-10-20(27-23)22-21(16-4-6-17(24)7-5-16)26-14-28(22)18(12-29)13-30/h4-13,15,19,30H,3,14H2,1-2H3;2-11,14,18,29-30H,12-13H2,1H3. The van der Waals surface area contributed by atoms with Gasteiger partial charge in [-0.2, -0.15) is 9.97 Å². The van der Waals surface area contributed by atoms with E-state index in [9.17, 15) is 24.1 Å². The van der Waals surface area contributed by atoms with E-state index in [4.69, 9.17) is 9.47 Å². The van der Waals surface area contributed by atoms with Crippen LogP contribution in [-0.2, 0) is 0 Å². The molecule has 0 aliphatic heterocycles. The van der Waals surface area contributed by atoms with Gasteiger partial charge in [-0.25, -0.2) is 28.7 Å². The maximum absolute atomic E-state index is 13.5. The van der Waals surface area contributed by atoms with Crippen molar-refractivity contribution in [2.24, 2.45) is 0 Å². The lowest BCUT2D eigenvalue weighted by Gasteiger charge is -2.18. The number of aliphatic hydroxyl groups is 3. The van der Waals surface area contributed by atoms with Crippen molar-refractivity contribution in [2.45, 2.75) is 39.3 Å². The van der Waals surface area contributed by atoms with Crippen molar-refractivity contribution in [2.75, 3.05) is 19.8 Å². The Morgan fingerprint density at radius 1 is 0.516 bits per heavy atom. The summed E-state index contributed by atoms with van der Waals surface area (Å²) in [5, 5.41) is 29.3. The van der Waals surface area contributed by atoms with Crippen LogP contribution in [0.3, 0.4) is 0 Å². The van der Waals surface area contributed by atoms with Crippen LogP contribution in [0, 0.1) is 25.5 Å². The molecule has 0 bridgehead atoms. The Hall–Kier alpha value is -7.20. The fourth-order valence-electron chi connectivity index (χ4n) is 6.54. The van der Waals surface area contributed by atoms with Crippen LogP contribution in [0.5, 0.6) is 23.5 Å². The Kier molecular flexibility index (Phi) is 13.8. The highest BCUT2D eigenvalue weighted by Gasteiger charge is 2.23. The third kappa shape index (κ3) is 10.0. The fraction of sp³-hybridized carbons (Fsp3) is 0.191. The molecular formula is C47H44F2N8O5. The fourth-order valence-corrected chi connectivity index (χ4v) is 6.54. The second kappa shape index (κ2) is 19.9. The van der Waals surface area contributed by atoms with Gasteiger partial charge in [0.1, 0.15) is 23.1 Å². The number of rotatable bonds is 14. The molecule has 0 aliphatic carbocycles. The van der Waals surface area contributed by atoms with Gasteiger partial charge in [-0.05, 0) is 105 Å². The van der Waals surface area contributed by atoms with Crippen LogP contribution in [0.15, 0.2) is 134 Å². The number of aromatic nitrogens is 8. The number of hydrogen-bond donors (Lipinski definition) is 3. The number of aryl methyl sites for hydroxylation is 2. The SMILES string of the molecule is CCC(CO)n1cnc(-c2ccc(F)cc2)c1-c1ccnc(Oc2ccc(C)cc2)n1.Cc1ccc(Oc2nccc(-c3c(-c4ccc(F)cc4)ncn3C(CO)CO)n2)cc1. The summed E-state index contributed by atoms with van der Waals surface area (Å²) in [7, 11) is 0. The summed E-state index contributed by atoms with van der Waals surface area (Å²) in [6.45, 7) is 5.36. The summed E-state index contributed by atoms with van der Waals surface area (Å²) < 4.78 is 42.1. The second-order valence-corrected chi connectivity index (χ2v) is 14.3. The molecule has 1 atom stereocenters. The first kappa shape index (κ1) is 42.9. The quantitative estimate of drug-likeness (QED) is 0.0957. The Bertz CT molecular complexity index is 2500. The molecule has 0 spiro atoms. The molecule has 4 aromatic heterocycles. The van der Waals surface area contributed by atoms with Crippen molar-refractivity contribution in [3.05, 3.63) is 157 Å². The molecule has 0 amide bonds. The van der Waals surface area contributed by atoms with Crippen LogP contribution in [0.25, 0.3) is 45.3 Å². The van der Waals surface area contributed by atoms with E-state index in [1.54, 1.807) is 59.7 Å². The normalized spacial score (nSPS) is 11.6. The van der Waals surface area contributed by atoms with Gasteiger partial charge >= 0.3 is 12.0 Å². The topological polar surface area (TPSA) is 166 Å². The summed E-state index contributed by atoms with van der Waals surface area (Å²) in [6.07, 6.45) is 7.09. The monoisotopic (exact) mass is 838 g/mol. The zero-order valence-corrected chi connectivity index (χ0v) is 34.2. The highest BCUT2D eigenvalue weighted by molar-refractivity contribution is 5.78. The highest BCUT2D eigenvalue weighted by atomic mass is 19.1. The second-order valence-electron chi connectivity index (χ2n) is 14.3. The molecule has 3 N–H and O–H groups in total. The molecule has 13 nitrogen and oxygen atoms in total. The average molecular weight is 839 g/mol. The van der Waals surface area contributed by atoms with Gasteiger partial charge in [0.25, 0.3) is 0 Å². The lowest BCUT2D eigenvalue weighted by molar-refractivity contribution is 0.155. The first-order chi connectivity index (χ1) is 30.2. The highest BCUT2D eigenvalue weighted by Crippen LogP contribution is 2.35. The molecule has 0 fully saturated rings. The smallest absolute Gasteiger partial charge is 0.322 e. The van der Waals surface area contributed by atoms with E-state index in [0.29, 0.717) is 57.6 Å². The molecule has 0 radical (unpaired) electrons. The van der Waals surface area contributed by atoms with Crippen molar-refractivity contribution >= 4 is 0 Å². The molecule has 62 heavy (non-hydrogen) atoms. The number of halogens is 2. The third-order valence-electron chi connectivity index (χ3n) is 9.93. The maximum Gasteiger partial charge on any atom is 0.322 e. The minimum atomic E-state index is -0.617. The van der Waals surface area contributed by atoms with E-state index in [1.165, 1.54) is 30.6 Å². The summed E-state index contributed by atoms with van der Waals surface area (Å²) >= 11 is 0. The minimum Gasteiger partial charge on any atom is -0.424 e. The molecule has 8 aromatic rings. The first-order valence-corrected chi connectivity index (χ1v) is 19.8. The number of ether oxygens (including phenoxy) is 2. The minimum absolute atomic E-state index is 0.0411. The van der Waals surface area contributed by atoms with Gasteiger partial charge in [0.05, 0.1) is 78.7 Å². The number of aliphatic hydroxyl groups excluding tert-OH is 3. The van der Waals surface area contributed by atoms with E-state index < -0.39 is 6.04 Å². The lowest BCUT2D eigenvalue weighted by Crippen LogP contribution is -2.17. The van der Waals surface area contributed by atoms with Crippen LogP contribution in [0.2, 0.25) is 0 Å². The van der Waals surface area contributed by atoms with Crippen LogP contribution >= 0.6 is 0 Å². The molecule has 0 aliphatic rings. The number of imidazole rings is 2. The van der Waals surface area contributed by atoms with Crippen molar-refractivity contribution in [1.29, 1.82) is 0 Å². The van der Waals surface area contributed by atoms with Crippen LogP contribution in [0.1, 0.15) is 36.6 Å². The molecule has 316 valence electrons. The van der Waals surface area contributed by atoms with Crippen molar-refractivity contribution < 1.29 is 33.6 Å². The van der Waals surface area contributed by atoms with Crippen molar-refractivity contribution in [1.82, 2.24) is 39.0 Å². The Morgan fingerprint density at radius 2 is 0.903 bits per heavy atom. The number of benzene rings is 4. The summed E-state index contributed by atoms with van der Waals surface area (Å²) in [6, 6.07) is 30.2. The van der Waals surface area contributed by atoms with Gasteiger partial charge in [-0.3, -0.25) is 0 Å². The molecular weight excluding hydrogens is 795 g/mol. The van der Waals surface area contributed by atoms with Gasteiger partial charge in [0.2, 0.25) is 0 Å². The average Bonchev–Trinajstić information content (AvgIpc) is 3.93. The van der Waals surface area contributed by atoms with E-state index >= 15 is 0 Å². The van der Waals surface area contributed by atoms with Gasteiger partial charge in [0.15, 0.2) is 0 Å². The molecule has 0 saturated heterocycles. The first-order valence-electron chi connectivity index (χ1n) is 19.8. The third-order valence-corrected chi connectivity index (χ3v) is 9.93. The van der Waals surface area contributed by atoms with E-state index in [2.05, 4.69) is 29.9 Å². The summed E-state index contributed by atoms with van der Waals surface area (Å²) in [5.74, 6) is 0.557. The Morgan fingerprint density at radius 3 is 1.27 bits per heavy atom. The van der Waals surface area contributed by atoms with Crippen molar-refractivity contribution in [3.63, 3.8) is 0 Å². The molecule has 4 aromatic carbocycles. The van der Waals surface area contributed by atoms with Crippen LogP contribution in [-0.4, -0.2) is 74.2 Å². The Labute approximate surface area is 356 Å². The Balaban J connectivity index is 0.000000186. The van der Waals surface area contributed by atoms with Crippen molar-refractivity contribution in [3.8, 4) is 68.8 Å². The molecule has 4 heterocycles. The van der Waals surface area contributed by atoms with Gasteiger partial charge in [0, 0.05) is 23.5 Å². The molecule has 8 rings (SSSR count). The predicted molar refractivity (Wildman–Crippen MR) is 229 cm³/mol. The van der Waals surface area contributed by atoms with E-state index in [-0.39, 0.29) is 49.5 Å². The number of hydrogen-bond acceptors (Lipinski definition) is 11. The molecule has 15 heteroatoms. The van der Waals surface area contributed by atoms with Crippen LogP contribution < -0.4 is 9.47 Å². The van der Waals surface area contributed by atoms with Gasteiger partial charge in [-0.1, -0.05) is 42.3 Å². The van der Waals surface area contributed by atoms with Crippen LogP contribution in [0.4, 0.5) is 8.78 Å². The van der Waals surface area contributed by atoms with E-state index in [1.807, 2.05) is 73.9 Å². The largest absolute Gasteiger partial charge is 0.424 e. The summed E-state index contributed by atoms with van der Waals surface area (Å²) in [5.41, 5.74) is 7.19. The number of nitrogens with zero attached hydrogens (tertiary/aromatic N) is 8. The molecule has 0 saturated carbocycles. The zero-order chi connectivity index (χ0) is 43.6. The molecule has 1 unspecified atom stereocenters. The van der Waals surface area contributed by atoms with Gasteiger partial charge < -0.3 is 33.9 Å². The van der Waals surface area contributed by atoms with Gasteiger partial charge in [-0.15, -0.1) is 0 Å².